The average molecular weight is 274 g/mol. The fraction of sp³-hybridized carbons (Fsp3) is 0.500. The van der Waals surface area contributed by atoms with Gasteiger partial charge in [-0.05, 0) is 25.0 Å². The second-order valence-electron chi connectivity index (χ2n) is 4.99. The average Bonchev–Trinajstić information content (AvgIpc) is 2.96. The number of aryl methyl sites for hydroxylation is 1. The summed E-state index contributed by atoms with van der Waals surface area (Å²) in [7, 11) is 0. The van der Waals surface area contributed by atoms with Crippen molar-refractivity contribution in [2.24, 2.45) is 0 Å². The van der Waals surface area contributed by atoms with Crippen LogP contribution in [0, 0.1) is 0 Å². The van der Waals surface area contributed by atoms with Gasteiger partial charge in [0.15, 0.2) is 5.82 Å². The van der Waals surface area contributed by atoms with Gasteiger partial charge < -0.3 is 14.5 Å². The van der Waals surface area contributed by atoms with Crippen LogP contribution in [0.1, 0.15) is 25.6 Å². The number of β-amino-alcohol motifs (C(OH)–C–C–N with tert-alkyl or cyclic N) is 1. The minimum Gasteiger partial charge on any atom is -0.391 e. The maximum Gasteiger partial charge on any atom is 0.261 e. The summed E-state index contributed by atoms with van der Waals surface area (Å²) in [6.07, 6.45) is 3.99. The summed E-state index contributed by atoms with van der Waals surface area (Å²) < 4.78 is 5.31. The lowest BCUT2D eigenvalue weighted by Crippen LogP contribution is -2.39. The summed E-state index contributed by atoms with van der Waals surface area (Å²) in [5.41, 5.74) is 0.828. The third kappa shape index (κ3) is 2.51. The lowest BCUT2D eigenvalue weighted by Gasteiger charge is -2.31. The quantitative estimate of drug-likeness (QED) is 0.917. The van der Waals surface area contributed by atoms with Crippen LogP contribution in [0.5, 0.6) is 0 Å². The topological polar surface area (TPSA) is 75.3 Å². The molecule has 0 spiro atoms. The van der Waals surface area contributed by atoms with E-state index in [4.69, 9.17) is 4.52 Å². The van der Waals surface area contributed by atoms with Gasteiger partial charge in [-0.15, -0.1) is 0 Å². The smallest absolute Gasteiger partial charge is 0.261 e. The monoisotopic (exact) mass is 274 g/mol. The second kappa shape index (κ2) is 5.58. The first-order chi connectivity index (χ1) is 9.78. The van der Waals surface area contributed by atoms with Crippen molar-refractivity contribution in [2.75, 3.05) is 18.0 Å². The second-order valence-corrected chi connectivity index (χ2v) is 4.99. The predicted molar refractivity (Wildman–Crippen MR) is 74.4 cm³/mol. The number of aliphatic hydroxyl groups is 1. The fourth-order valence-electron chi connectivity index (χ4n) is 2.47. The van der Waals surface area contributed by atoms with E-state index in [1.54, 1.807) is 6.20 Å². The van der Waals surface area contributed by atoms with Crippen molar-refractivity contribution in [3.63, 3.8) is 0 Å². The predicted octanol–water partition coefficient (Wildman–Crippen LogP) is 1.66. The van der Waals surface area contributed by atoms with Crippen LogP contribution >= 0.6 is 0 Å². The largest absolute Gasteiger partial charge is 0.391 e. The van der Waals surface area contributed by atoms with E-state index >= 15 is 0 Å². The Labute approximate surface area is 117 Å². The number of hydrogen-bond donors (Lipinski definition) is 1. The zero-order valence-electron chi connectivity index (χ0n) is 11.5. The van der Waals surface area contributed by atoms with Crippen molar-refractivity contribution in [3.05, 3.63) is 24.2 Å². The molecule has 0 bridgehead atoms. The van der Waals surface area contributed by atoms with Crippen molar-refractivity contribution in [2.45, 2.75) is 32.3 Å². The van der Waals surface area contributed by atoms with E-state index in [2.05, 4.69) is 20.0 Å². The van der Waals surface area contributed by atoms with E-state index in [1.165, 1.54) is 0 Å². The van der Waals surface area contributed by atoms with E-state index < -0.39 is 0 Å². The Morgan fingerprint density at radius 3 is 3.15 bits per heavy atom. The van der Waals surface area contributed by atoms with E-state index in [0.29, 0.717) is 18.3 Å². The highest BCUT2D eigenvalue weighted by Gasteiger charge is 2.23. The molecule has 1 fully saturated rings. The summed E-state index contributed by atoms with van der Waals surface area (Å²) in [6.45, 7) is 3.47. The van der Waals surface area contributed by atoms with Gasteiger partial charge in [0, 0.05) is 25.7 Å². The molecule has 1 aliphatic rings. The number of hydrogen-bond acceptors (Lipinski definition) is 6. The Morgan fingerprint density at radius 2 is 2.40 bits per heavy atom. The van der Waals surface area contributed by atoms with Gasteiger partial charge in [0.05, 0.1) is 11.7 Å². The zero-order chi connectivity index (χ0) is 13.9. The number of rotatable bonds is 3. The normalized spacial score (nSPS) is 19.3. The zero-order valence-corrected chi connectivity index (χ0v) is 11.5. The molecule has 3 heterocycles. The lowest BCUT2D eigenvalue weighted by atomic mass is 10.1. The van der Waals surface area contributed by atoms with Crippen LogP contribution in [0.4, 0.5) is 5.82 Å². The van der Waals surface area contributed by atoms with E-state index in [0.717, 1.165) is 37.2 Å². The van der Waals surface area contributed by atoms with Gasteiger partial charge in [0.25, 0.3) is 5.89 Å². The molecular weight excluding hydrogens is 256 g/mol. The third-order valence-electron chi connectivity index (χ3n) is 3.50. The van der Waals surface area contributed by atoms with Crippen LogP contribution in [0.15, 0.2) is 22.9 Å². The molecule has 0 radical (unpaired) electrons. The molecule has 0 saturated carbocycles. The SMILES string of the molecule is CCc1noc(-c2cccnc2N2CCCC(O)C2)n1. The highest BCUT2D eigenvalue weighted by Crippen LogP contribution is 2.29. The number of aromatic nitrogens is 3. The molecule has 1 aliphatic heterocycles. The van der Waals surface area contributed by atoms with Crippen LogP contribution in [0.25, 0.3) is 11.5 Å². The van der Waals surface area contributed by atoms with Gasteiger partial charge >= 0.3 is 0 Å². The van der Waals surface area contributed by atoms with E-state index in [9.17, 15) is 5.11 Å². The summed E-state index contributed by atoms with van der Waals surface area (Å²) >= 11 is 0. The Hall–Kier alpha value is -1.95. The molecule has 1 N–H and O–H groups in total. The van der Waals surface area contributed by atoms with Crippen molar-refractivity contribution >= 4 is 5.82 Å². The number of pyridine rings is 1. The third-order valence-corrected chi connectivity index (χ3v) is 3.50. The summed E-state index contributed by atoms with van der Waals surface area (Å²) in [5, 5.41) is 13.8. The van der Waals surface area contributed by atoms with Gasteiger partial charge in [0.1, 0.15) is 5.82 Å². The number of anilines is 1. The summed E-state index contributed by atoms with van der Waals surface area (Å²) in [4.78, 5) is 10.9. The molecule has 2 aromatic heterocycles. The van der Waals surface area contributed by atoms with Crippen molar-refractivity contribution in [3.8, 4) is 11.5 Å². The number of piperidine rings is 1. The van der Waals surface area contributed by atoms with Gasteiger partial charge in [-0.3, -0.25) is 0 Å². The molecule has 1 unspecified atom stereocenters. The maximum absolute atomic E-state index is 9.82. The molecule has 0 amide bonds. The molecule has 6 heteroatoms. The van der Waals surface area contributed by atoms with E-state index in [-0.39, 0.29) is 6.10 Å². The van der Waals surface area contributed by atoms with Crippen LogP contribution in [0.3, 0.4) is 0 Å². The molecule has 6 nitrogen and oxygen atoms in total. The standard InChI is InChI=1S/C14H18N4O2/c1-2-12-16-14(20-17-12)11-6-3-7-15-13(11)18-8-4-5-10(19)9-18/h3,6-7,10,19H,2,4-5,8-9H2,1H3. The Kier molecular flexibility index (Phi) is 3.64. The van der Waals surface area contributed by atoms with E-state index in [1.807, 2.05) is 19.1 Å². The molecule has 1 saturated heterocycles. The summed E-state index contributed by atoms with van der Waals surface area (Å²) in [6, 6.07) is 3.78. The van der Waals surface area contributed by atoms with Crippen molar-refractivity contribution < 1.29 is 9.63 Å². The summed E-state index contributed by atoms with van der Waals surface area (Å²) in [5.74, 6) is 1.98. The highest BCUT2D eigenvalue weighted by atomic mass is 16.5. The Balaban J connectivity index is 1.95. The Morgan fingerprint density at radius 1 is 1.50 bits per heavy atom. The van der Waals surface area contributed by atoms with Crippen LogP contribution in [-0.2, 0) is 6.42 Å². The minimum absolute atomic E-state index is 0.299. The molecular formula is C14H18N4O2. The first-order valence-electron chi connectivity index (χ1n) is 6.99. The molecule has 2 aromatic rings. The highest BCUT2D eigenvalue weighted by molar-refractivity contribution is 5.69. The number of aliphatic hydroxyl groups excluding tert-OH is 1. The number of nitrogens with zero attached hydrogens (tertiary/aromatic N) is 4. The Bertz CT molecular complexity index is 584. The van der Waals surface area contributed by atoms with Gasteiger partial charge in [-0.1, -0.05) is 12.1 Å². The fourth-order valence-corrected chi connectivity index (χ4v) is 2.47. The van der Waals surface area contributed by atoms with Crippen molar-refractivity contribution in [1.29, 1.82) is 0 Å². The molecule has 0 aliphatic carbocycles. The molecule has 3 rings (SSSR count). The van der Waals surface area contributed by atoms with Crippen LogP contribution in [-0.4, -0.2) is 39.4 Å². The minimum atomic E-state index is -0.299. The molecule has 20 heavy (non-hydrogen) atoms. The first-order valence-corrected chi connectivity index (χ1v) is 6.99. The maximum atomic E-state index is 9.82. The van der Waals surface area contributed by atoms with Gasteiger partial charge in [0.2, 0.25) is 0 Å². The van der Waals surface area contributed by atoms with Crippen LogP contribution in [0.2, 0.25) is 0 Å². The van der Waals surface area contributed by atoms with Gasteiger partial charge in [-0.25, -0.2) is 4.98 Å². The van der Waals surface area contributed by atoms with Crippen LogP contribution < -0.4 is 4.90 Å². The first kappa shape index (κ1) is 13.1. The lowest BCUT2D eigenvalue weighted by molar-refractivity contribution is 0.154. The molecule has 106 valence electrons. The van der Waals surface area contributed by atoms with Crippen molar-refractivity contribution in [1.82, 2.24) is 15.1 Å². The molecule has 0 aromatic carbocycles. The molecule has 1 atom stereocenters. The van der Waals surface area contributed by atoms with Gasteiger partial charge in [-0.2, -0.15) is 4.98 Å².